The summed E-state index contributed by atoms with van der Waals surface area (Å²) < 4.78 is 4.92. The van der Waals surface area contributed by atoms with Gasteiger partial charge in [0.05, 0.1) is 6.61 Å². The topological polar surface area (TPSA) is 88.1 Å². The monoisotopic (exact) mass is 210 g/mol. The first-order valence-electron chi connectivity index (χ1n) is 4.44. The molecule has 0 heterocycles. The van der Waals surface area contributed by atoms with Crippen LogP contribution >= 0.6 is 0 Å². The number of para-hydroxylation sites is 1. The van der Waals surface area contributed by atoms with Crippen molar-refractivity contribution in [3.05, 3.63) is 29.3 Å². The molecular formula is C10H14N2O3. The SMILES string of the molecule is COCc1cccc(C/C(N)=N/O)c1O. The normalized spacial score (nSPS) is 11.7. The van der Waals surface area contributed by atoms with Gasteiger partial charge in [0, 0.05) is 24.7 Å². The number of benzene rings is 1. The lowest BCUT2D eigenvalue weighted by atomic mass is 10.1. The van der Waals surface area contributed by atoms with Crippen LogP contribution in [0.4, 0.5) is 0 Å². The number of nitrogens with zero attached hydrogens (tertiary/aromatic N) is 1. The third-order valence-electron chi connectivity index (χ3n) is 2.00. The van der Waals surface area contributed by atoms with Crippen molar-refractivity contribution < 1.29 is 15.1 Å². The molecule has 0 spiro atoms. The van der Waals surface area contributed by atoms with Gasteiger partial charge in [0.1, 0.15) is 11.6 Å². The average molecular weight is 210 g/mol. The van der Waals surface area contributed by atoms with Crippen molar-refractivity contribution in [1.82, 2.24) is 0 Å². The van der Waals surface area contributed by atoms with E-state index < -0.39 is 0 Å². The molecule has 0 aliphatic heterocycles. The van der Waals surface area contributed by atoms with Crippen molar-refractivity contribution in [2.75, 3.05) is 7.11 Å². The highest BCUT2D eigenvalue weighted by atomic mass is 16.5. The Hall–Kier alpha value is -1.75. The van der Waals surface area contributed by atoms with Gasteiger partial charge in [-0.05, 0) is 0 Å². The fraction of sp³-hybridized carbons (Fsp3) is 0.300. The van der Waals surface area contributed by atoms with Gasteiger partial charge >= 0.3 is 0 Å². The van der Waals surface area contributed by atoms with E-state index in [1.807, 2.05) is 0 Å². The van der Waals surface area contributed by atoms with Crippen LogP contribution in [-0.4, -0.2) is 23.3 Å². The van der Waals surface area contributed by atoms with Crippen LogP contribution in [0.15, 0.2) is 23.4 Å². The molecular weight excluding hydrogens is 196 g/mol. The lowest BCUT2D eigenvalue weighted by molar-refractivity contribution is 0.182. The van der Waals surface area contributed by atoms with Crippen molar-refractivity contribution in [2.24, 2.45) is 10.9 Å². The molecule has 15 heavy (non-hydrogen) atoms. The van der Waals surface area contributed by atoms with Gasteiger partial charge in [0.25, 0.3) is 0 Å². The van der Waals surface area contributed by atoms with Gasteiger partial charge < -0.3 is 20.8 Å². The smallest absolute Gasteiger partial charge is 0.143 e. The minimum absolute atomic E-state index is 0.0554. The van der Waals surface area contributed by atoms with E-state index in [-0.39, 0.29) is 18.0 Å². The molecule has 0 aliphatic rings. The van der Waals surface area contributed by atoms with Gasteiger partial charge in [-0.1, -0.05) is 23.4 Å². The number of oxime groups is 1. The summed E-state index contributed by atoms with van der Waals surface area (Å²) in [6.45, 7) is 0.329. The number of nitrogens with two attached hydrogens (primary N) is 1. The number of aromatic hydroxyl groups is 1. The Morgan fingerprint density at radius 3 is 2.73 bits per heavy atom. The molecule has 0 radical (unpaired) electrons. The molecule has 5 nitrogen and oxygen atoms in total. The van der Waals surface area contributed by atoms with Gasteiger partial charge in [0.2, 0.25) is 0 Å². The summed E-state index contributed by atoms with van der Waals surface area (Å²) in [5.74, 6) is 0.186. The second kappa shape index (κ2) is 5.21. The van der Waals surface area contributed by atoms with Gasteiger partial charge in [-0.15, -0.1) is 0 Å². The molecule has 5 heteroatoms. The van der Waals surface area contributed by atoms with Crippen LogP contribution in [-0.2, 0) is 17.8 Å². The molecule has 82 valence electrons. The first kappa shape index (κ1) is 11.3. The zero-order valence-electron chi connectivity index (χ0n) is 8.47. The number of phenols is 1. The van der Waals surface area contributed by atoms with E-state index in [4.69, 9.17) is 15.7 Å². The maximum atomic E-state index is 9.79. The number of hydrogen-bond acceptors (Lipinski definition) is 4. The summed E-state index contributed by atoms with van der Waals surface area (Å²) in [7, 11) is 1.55. The van der Waals surface area contributed by atoms with Gasteiger partial charge in [-0.3, -0.25) is 0 Å². The number of amidine groups is 1. The summed E-state index contributed by atoms with van der Waals surface area (Å²) in [5, 5.41) is 21.1. The van der Waals surface area contributed by atoms with E-state index >= 15 is 0 Å². The molecule has 1 rings (SSSR count). The number of ether oxygens (including phenoxy) is 1. The molecule has 1 aromatic carbocycles. The van der Waals surface area contributed by atoms with E-state index in [0.29, 0.717) is 17.7 Å². The molecule has 0 aliphatic carbocycles. The van der Waals surface area contributed by atoms with E-state index in [9.17, 15) is 5.11 Å². The lowest BCUT2D eigenvalue weighted by Gasteiger charge is -2.08. The summed E-state index contributed by atoms with van der Waals surface area (Å²) in [6, 6.07) is 5.26. The first-order chi connectivity index (χ1) is 7.19. The van der Waals surface area contributed by atoms with Crippen LogP contribution in [0.5, 0.6) is 5.75 Å². The summed E-state index contributed by atoms with van der Waals surface area (Å²) >= 11 is 0. The van der Waals surface area contributed by atoms with Crippen LogP contribution in [0, 0.1) is 0 Å². The summed E-state index contributed by atoms with van der Waals surface area (Å²) in [5.41, 5.74) is 6.65. The maximum absolute atomic E-state index is 9.79. The minimum Gasteiger partial charge on any atom is -0.507 e. The quantitative estimate of drug-likeness (QED) is 0.297. The van der Waals surface area contributed by atoms with Crippen molar-refractivity contribution >= 4 is 5.84 Å². The fourth-order valence-electron chi connectivity index (χ4n) is 1.29. The second-order valence-electron chi connectivity index (χ2n) is 3.13. The summed E-state index contributed by atoms with van der Waals surface area (Å²) in [6.07, 6.45) is 0.208. The van der Waals surface area contributed by atoms with E-state index in [0.717, 1.165) is 0 Å². The third-order valence-corrected chi connectivity index (χ3v) is 2.00. The number of methoxy groups -OCH3 is 1. The third kappa shape index (κ3) is 2.85. The Kier molecular flexibility index (Phi) is 3.93. The Morgan fingerprint density at radius 1 is 1.47 bits per heavy atom. The van der Waals surface area contributed by atoms with Gasteiger partial charge in [-0.25, -0.2) is 0 Å². The molecule has 0 amide bonds. The van der Waals surface area contributed by atoms with E-state index in [1.54, 1.807) is 25.3 Å². The zero-order valence-corrected chi connectivity index (χ0v) is 8.47. The highest BCUT2D eigenvalue weighted by molar-refractivity contribution is 5.82. The minimum atomic E-state index is 0.0554. The Labute approximate surface area is 87.8 Å². The Balaban J connectivity index is 2.93. The number of phenolic OH excluding ortho intramolecular Hbond substituents is 1. The second-order valence-corrected chi connectivity index (χ2v) is 3.13. The van der Waals surface area contributed by atoms with Crippen LogP contribution < -0.4 is 5.73 Å². The van der Waals surface area contributed by atoms with Crippen molar-refractivity contribution in [3.8, 4) is 5.75 Å². The molecule has 1 aromatic rings. The summed E-state index contributed by atoms with van der Waals surface area (Å²) in [4.78, 5) is 0. The molecule has 0 aromatic heterocycles. The number of rotatable bonds is 4. The molecule has 0 bridgehead atoms. The highest BCUT2D eigenvalue weighted by Crippen LogP contribution is 2.23. The van der Waals surface area contributed by atoms with Crippen molar-refractivity contribution in [1.29, 1.82) is 0 Å². The van der Waals surface area contributed by atoms with Crippen LogP contribution in [0.1, 0.15) is 11.1 Å². The Bertz CT molecular complexity index is 364. The zero-order chi connectivity index (χ0) is 11.3. The average Bonchev–Trinajstić information content (AvgIpc) is 2.24. The van der Waals surface area contributed by atoms with Gasteiger partial charge in [0.15, 0.2) is 0 Å². The highest BCUT2D eigenvalue weighted by Gasteiger charge is 2.08. The lowest BCUT2D eigenvalue weighted by Crippen LogP contribution is -2.14. The van der Waals surface area contributed by atoms with Crippen molar-refractivity contribution in [3.63, 3.8) is 0 Å². The predicted molar refractivity (Wildman–Crippen MR) is 55.9 cm³/mol. The molecule has 0 saturated heterocycles. The molecule has 0 atom stereocenters. The fourth-order valence-corrected chi connectivity index (χ4v) is 1.29. The van der Waals surface area contributed by atoms with Crippen LogP contribution in [0.3, 0.4) is 0 Å². The Morgan fingerprint density at radius 2 is 2.13 bits per heavy atom. The molecule has 0 fully saturated rings. The van der Waals surface area contributed by atoms with Crippen molar-refractivity contribution in [2.45, 2.75) is 13.0 Å². The number of hydrogen-bond donors (Lipinski definition) is 3. The van der Waals surface area contributed by atoms with E-state index in [1.165, 1.54) is 0 Å². The largest absolute Gasteiger partial charge is 0.507 e. The van der Waals surface area contributed by atoms with Crippen LogP contribution in [0.25, 0.3) is 0 Å². The molecule has 0 unspecified atom stereocenters. The standard InChI is InChI=1S/C10H14N2O3/c1-15-6-8-4-2-3-7(10(8)13)5-9(11)12-14/h2-4,13-14H,5-6H2,1H3,(H2,11,12). The predicted octanol–water partition coefficient (Wildman–Crippen LogP) is 0.827. The molecule has 0 saturated carbocycles. The van der Waals surface area contributed by atoms with Crippen LogP contribution in [0.2, 0.25) is 0 Å². The first-order valence-corrected chi connectivity index (χ1v) is 4.44. The van der Waals surface area contributed by atoms with E-state index in [2.05, 4.69) is 5.16 Å². The molecule has 4 N–H and O–H groups in total. The van der Waals surface area contributed by atoms with Gasteiger partial charge in [-0.2, -0.15) is 0 Å². The maximum Gasteiger partial charge on any atom is 0.143 e.